The highest BCUT2D eigenvalue weighted by Gasteiger charge is 2.05. The van der Waals surface area contributed by atoms with E-state index in [0.717, 1.165) is 0 Å². The Hall–Kier alpha value is -3.16. The van der Waals surface area contributed by atoms with Gasteiger partial charge < -0.3 is 15.7 Å². The van der Waals surface area contributed by atoms with Crippen molar-refractivity contribution in [1.29, 1.82) is 10.5 Å². The number of hydrogen-bond acceptors (Lipinski definition) is 7. The molecule has 0 saturated carbocycles. The Morgan fingerprint density at radius 3 is 1.77 bits per heavy atom. The van der Waals surface area contributed by atoms with Crippen molar-refractivity contribution in [2.24, 2.45) is 0 Å². The van der Waals surface area contributed by atoms with Crippen LogP contribution in [0.15, 0.2) is 36.4 Å². The lowest BCUT2D eigenvalue weighted by Gasteiger charge is -2.13. The van der Waals surface area contributed by atoms with Crippen LogP contribution < -0.4 is 10.6 Å². The third-order valence-electron chi connectivity index (χ3n) is 2.76. The average molecular weight is 294 g/mol. The van der Waals surface area contributed by atoms with Gasteiger partial charge in [-0.05, 0) is 24.3 Å². The molecule has 0 fully saturated rings. The molecule has 0 aliphatic rings. The quantitative estimate of drug-likeness (QED) is 0.730. The van der Waals surface area contributed by atoms with Crippen molar-refractivity contribution in [2.75, 3.05) is 23.7 Å². The van der Waals surface area contributed by atoms with Gasteiger partial charge in [0.05, 0.1) is 6.10 Å². The van der Waals surface area contributed by atoms with Crippen LogP contribution in [0.3, 0.4) is 0 Å². The normalized spacial score (nSPS) is 9.82. The summed E-state index contributed by atoms with van der Waals surface area (Å²) in [6.07, 6.45) is -0.680. The van der Waals surface area contributed by atoms with Gasteiger partial charge in [0, 0.05) is 13.1 Å². The Balaban J connectivity index is 1.81. The molecule has 110 valence electrons. The molecule has 2 rings (SSSR count). The van der Waals surface area contributed by atoms with Crippen molar-refractivity contribution >= 4 is 11.6 Å². The third-order valence-corrected chi connectivity index (χ3v) is 2.76. The minimum Gasteiger partial charge on any atom is -0.389 e. The Labute approximate surface area is 127 Å². The monoisotopic (exact) mass is 294 g/mol. The first kappa shape index (κ1) is 15.2. The van der Waals surface area contributed by atoms with E-state index in [2.05, 4.69) is 20.6 Å². The highest BCUT2D eigenvalue weighted by atomic mass is 16.3. The number of aromatic nitrogens is 2. The van der Waals surface area contributed by atoms with Crippen LogP contribution in [0.25, 0.3) is 0 Å². The Morgan fingerprint density at radius 1 is 0.909 bits per heavy atom. The number of hydrogen-bond donors (Lipinski definition) is 3. The fourth-order valence-corrected chi connectivity index (χ4v) is 1.71. The maximum atomic E-state index is 9.91. The summed E-state index contributed by atoms with van der Waals surface area (Å²) in [5.74, 6) is 1.06. The van der Waals surface area contributed by atoms with Gasteiger partial charge in [-0.15, -0.1) is 0 Å². The van der Waals surface area contributed by atoms with E-state index in [4.69, 9.17) is 10.5 Å². The summed E-state index contributed by atoms with van der Waals surface area (Å²) >= 11 is 0. The number of pyridine rings is 2. The first-order chi connectivity index (χ1) is 10.7. The van der Waals surface area contributed by atoms with Gasteiger partial charge >= 0.3 is 0 Å². The standard InChI is InChI=1S/C15H14N6O/c16-7-11-3-1-5-14(20-11)18-9-13(22)10-19-15-6-2-4-12(8-17)21-15/h1-6,13,22H,9-10H2,(H,18,20)(H,19,21). The largest absolute Gasteiger partial charge is 0.389 e. The summed E-state index contributed by atoms with van der Waals surface area (Å²) in [6.45, 7) is 0.541. The summed E-state index contributed by atoms with van der Waals surface area (Å²) in [5.41, 5.74) is 0.630. The molecule has 22 heavy (non-hydrogen) atoms. The first-order valence-corrected chi connectivity index (χ1v) is 6.61. The van der Waals surface area contributed by atoms with E-state index in [1.165, 1.54) is 0 Å². The molecular formula is C15H14N6O. The zero-order valence-corrected chi connectivity index (χ0v) is 11.7. The minimum atomic E-state index is -0.680. The fraction of sp³-hybridized carbons (Fsp3) is 0.200. The summed E-state index contributed by atoms with van der Waals surface area (Å²) < 4.78 is 0. The molecule has 0 aromatic carbocycles. The van der Waals surface area contributed by atoms with Crippen molar-refractivity contribution in [3.63, 3.8) is 0 Å². The van der Waals surface area contributed by atoms with E-state index in [0.29, 0.717) is 23.0 Å². The predicted molar refractivity (Wildman–Crippen MR) is 80.9 cm³/mol. The maximum Gasteiger partial charge on any atom is 0.142 e. The minimum absolute atomic E-state index is 0.271. The second-order valence-corrected chi connectivity index (χ2v) is 4.46. The van der Waals surface area contributed by atoms with E-state index in [-0.39, 0.29) is 13.1 Å². The second kappa shape index (κ2) is 7.58. The smallest absolute Gasteiger partial charge is 0.142 e. The van der Waals surface area contributed by atoms with Crippen LogP contribution in [-0.4, -0.2) is 34.3 Å². The van der Waals surface area contributed by atoms with Crippen molar-refractivity contribution < 1.29 is 5.11 Å². The number of nitrogens with zero attached hydrogens (tertiary/aromatic N) is 4. The lowest BCUT2D eigenvalue weighted by Crippen LogP contribution is -2.28. The molecule has 0 spiro atoms. The van der Waals surface area contributed by atoms with Crippen molar-refractivity contribution in [1.82, 2.24) is 9.97 Å². The molecule has 0 aliphatic heterocycles. The number of aliphatic hydroxyl groups excluding tert-OH is 1. The average Bonchev–Trinajstić information content (AvgIpc) is 2.58. The van der Waals surface area contributed by atoms with Gasteiger partial charge in [-0.25, -0.2) is 9.97 Å². The lowest BCUT2D eigenvalue weighted by molar-refractivity contribution is 0.200. The lowest BCUT2D eigenvalue weighted by atomic mass is 10.3. The Kier molecular flexibility index (Phi) is 5.25. The number of rotatable bonds is 6. The molecule has 0 saturated heterocycles. The number of nitrogens with one attached hydrogen (secondary N) is 2. The summed E-state index contributed by atoms with van der Waals surface area (Å²) in [6, 6.07) is 14.0. The van der Waals surface area contributed by atoms with Gasteiger partial charge in [-0.3, -0.25) is 0 Å². The van der Waals surface area contributed by atoms with Crippen LogP contribution >= 0.6 is 0 Å². The zero-order valence-electron chi connectivity index (χ0n) is 11.7. The predicted octanol–water partition coefficient (Wildman–Crippen LogP) is 1.10. The van der Waals surface area contributed by atoms with Gasteiger partial charge in [0.15, 0.2) is 0 Å². The van der Waals surface area contributed by atoms with Crippen LogP contribution in [0, 0.1) is 22.7 Å². The maximum absolute atomic E-state index is 9.91. The van der Waals surface area contributed by atoms with Gasteiger partial charge in [0.25, 0.3) is 0 Å². The zero-order chi connectivity index (χ0) is 15.8. The topological polar surface area (TPSA) is 118 Å². The van der Waals surface area contributed by atoms with Gasteiger partial charge in [-0.2, -0.15) is 10.5 Å². The second-order valence-electron chi connectivity index (χ2n) is 4.46. The van der Waals surface area contributed by atoms with Gasteiger partial charge in [0.1, 0.15) is 35.2 Å². The molecule has 2 aromatic rings. The molecule has 0 bridgehead atoms. The Morgan fingerprint density at radius 2 is 1.36 bits per heavy atom. The van der Waals surface area contributed by atoms with E-state index >= 15 is 0 Å². The number of nitriles is 2. The number of anilines is 2. The van der Waals surface area contributed by atoms with Crippen LogP contribution in [0.1, 0.15) is 11.4 Å². The van der Waals surface area contributed by atoms with Crippen LogP contribution in [-0.2, 0) is 0 Å². The molecule has 0 aliphatic carbocycles. The molecule has 3 N–H and O–H groups in total. The van der Waals surface area contributed by atoms with Crippen molar-refractivity contribution in [2.45, 2.75) is 6.10 Å². The molecule has 0 amide bonds. The van der Waals surface area contributed by atoms with Crippen LogP contribution in [0.2, 0.25) is 0 Å². The van der Waals surface area contributed by atoms with E-state index in [1.54, 1.807) is 36.4 Å². The number of aliphatic hydroxyl groups is 1. The summed E-state index contributed by atoms with van der Waals surface area (Å²) in [7, 11) is 0. The molecule has 0 unspecified atom stereocenters. The van der Waals surface area contributed by atoms with E-state index in [9.17, 15) is 5.11 Å². The molecule has 2 aromatic heterocycles. The highest BCUT2D eigenvalue weighted by molar-refractivity contribution is 5.40. The molecule has 0 atom stereocenters. The van der Waals surface area contributed by atoms with Gasteiger partial charge in [-0.1, -0.05) is 12.1 Å². The van der Waals surface area contributed by atoms with Crippen LogP contribution in [0.4, 0.5) is 11.6 Å². The molecular weight excluding hydrogens is 280 g/mol. The van der Waals surface area contributed by atoms with Crippen molar-refractivity contribution in [3.8, 4) is 12.1 Å². The SMILES string of the molecule is N#Cc1cccc(NCC(O)CNc2cccc(C#N)n2)n1. The Bertz CT molecular complexity index is 657. The third kappa shape index (κ3) is 4.44. The van der Waals surface area contributed by atoms with Gasteiger partial charge in [0.2, 0.25) is 0 Å². The van der Waals surface area contributed by atoms with Crippen molar-refractivity contribution in [3.05, 3.63) is 47.8 Å². The fourth-order valence-electron chi connectivity index (χ4n) is 1.71. The molecule has 7 nitrogen and oxygen atoms in total. The van der Waals surface area contributed by atoms with Crippen LogP contribution in [0.5, 0.6) is 0 Å². The summed E-state index contributed by atoms with van der Waals surface area (Å²) in [4.78, 5) is 8.10. The summed E-state index contributed by atoms with van der Waals surface area (Å²) in [5, 5.41) is 33.3. The highest BCUT2D eigenvalue weighted by Crippen LogP contribution is 2.06. The van der Waals surface area contributed by atoms with E-state index < -0.39 is 6.10 Å². The first-order valence-electron chi connectivity index (χ1n) is 6.61. The molecule has 0 radical (unpaired) electrons. The molecule has 7 heteroatoms. The van der Waals surface area contributed by atoms with E-state index in [1.807, 2.05) is 12.1 Å². The molecule has 2 heterocycles.